The summed E-state index contributed by atoms with van der Waals surface area (Å²) in [6.07, 6.45) is 1.66. The van der Waals surface area contributed by atoms with E-state index in [0.29, 0.717) is 30.3 Å². The average molecular weight is 380 g/mol. The highest BCUT2D eigenvalue weighted by Gasteiger charge is 2.48. The van der Waals surface area contributed by atoms with E-state index in [1.54, 1.807) is 12.3 Å². The second kappa shape index (κ2) is 7.16. The molecule has 3 aliphatic rings. The zero-order valence-corrected chi connectivity index (χ0v) is 15.8. The lowest BCUT2D eigenvalue weighted by Crippen LogP contribution is -2.72. The summed E-state index contributed by atoms with van der Waals surface area (Å²) in [6.45, 7) is 1.40. The normalized spacial score (nSPS) is 22.4. The molecule has 6 rings (SSSR count). The van der Waals surface area contributed by atoms with Crippen molar-refractivity contribution in [2.45, 2.75) is 18.0 Å². The minimum absolute atomic E-state index is 0.0108. The number of piperidine rings is 1. The van der Waals surface area contributed by atoms with Crippen molar-refractivity contribution in [3.63, 3.8) is 0 Å². The molecule has 5 heteroatoms. The molecule has 2 aromatic carbocycles. The van der Waals surface area contributed by atoms with Crippen LogP contribution in [-0.4, -0.2) is 41.0 Å². The predicted octanol–water partition coefficient (Wildman–Crippen LogP) is 3.20. The molecule has 29 heavy (non-hydrogen) atoms. The van der Waals surface area contributed by atoms with Gasteiger partial charge in [-0.15, -0.1) is 0 Å². The van der Waals surface area contributed by atoms with Gasteiger partial charge in [-0.3, -0.25) is 9.78 Å². The molecule has 1 N–H and O–H groups in total. The van der Waals surface area contributed by atoms with E-state index >= 15 is 0 Å². The Kier molecular flexibility index (Phi) is 4.34. The monoisotopic (exact) mass is 380 g/mol. The molecule has 0 radical (unpaired) electrons. The molecule has 0 aliphatic carbocycles. The second-order valence-corrected chi connectivity index (χ2v) is 7.64. The largest absolute Gasteiger partial charge is 0.334 e. The van der Waals surface area contributed by atoms with Crippen LogP contribution in [0.25, 0.3) is 11.1 Å². The lowest BCUT2D eigenvalue weighted by molar-refractivity contribution is 0.0362. The quantitative estimate of drug-likeness (QED) is 0.758. The van der Waals surface area contributed by atoms with E-state index in [1.165, 1.54) is 5.56 Å². The van der Waals surface area contributed by atoms with Gasteiger partial charge < -0.3 is 10.2 Å². The molecule has 1 unspecified atom stereocenters. The summed E-state index contributed by atoms with van der Waals surface area (Å²) in [5.41, 5.74) is 4.74. The number of benzene rings is 2. The summed E-state index contributed by atoms with van der Waals surface area (Å²) in [5, 5.41) is 12.5. The summed E-state index contributed by atoms with van der Waals surface area (Å²) in [4.78, 5) is 18.8. The highest BCUT2D eigenvalue weighted by molar-refractivity contribution is 5.92. The van der Waals surface area contributed by atoms with Gasteiger partial charge in [-0.2, -0.15) is 5.26 Å². The first-order valence-corrected chi connectivity index (χ1v) is 9.80. The Labute approximate surface area is 169 Å². The first-order chi connectivity index (χ1) is 14.2. The Hall–Kier alpha value is -3.49. The van der Waals surface area contributed by atoms with Crippen LogP contribution >= 0.6 is 0 Å². The molecule has 5 nitrogen and oxygen atoms in total. The van der Waals surface area contributed by atoms with Crippen LogP contribution in [0.1, 0.15) is 27.5 Å². The number of amides is 1. The Morgan fingerprint density at radius 1 is 0.966 bits per heavy atom. The molecule has 4 heterocycles. The molecule has 3 atom stereocenters. The third-order valence-electron chi connectivity index (χ3n) is 5.94. The maximum Gasteiger partial charge on any atom is 0.272 e. The number of pyridine rings is 1. The number of hydrogen-bond donors (Lipinski definition) is 1. The molecule has 3 saturated heterocycles. The van der Waals surface area contributed by atoms with Crippen LogP contribution in [0.4, 0.5) is 0 Å². The Balaban J connectivity index is 1.28. The van der Waals surface area contributed by atoms with Gasteiger partial charge in [0.1, 0.15) is 5.69 Å². The zero-order chi connectivity index (χ0) is 19.8. The van der Waals surface area contributed by atoms with Crippen LogP contribution in [0.3, 0.4) is 0 Å². The fourth-order valence-electron chi connectivity index (χ4n) is 4.44. The van der Waals surface area contributed by atoms with Gasteiger partial charge in [0, 0.05) is 37.3 Å². The molecule has 0 spiro atoms. The van der Waals surface area contributed by atoms with Crippen LogP contribution in [0, 0.1) is 11.3 Å². The number of aromatic nitrogens is 1. The van der Waals surface area contributed by atoms with Gasteiger partial charge in [0.15, 0.2) is 0 Å². The van der Waals surface area contributed by atoms with Crippen molar-refractivity contribution in [2.75, 3.05) is 13.1 Å². The van der Waals surface area contributed by atoms with E-state index in [9.17, 15) is 4.79 Å². The van der Waals surface area contributed by atoms with Crippen molar-refractivity contribution in [3.05, 3.63) is 89.7 Å². The molecular weight excluding hydrogens is 360 g/mol. The number of carbonyl (C=O) groups is 1. The maximum absolute atomic E-state index is 12.7. The van der Waals surface area contributed by atoms with Gasteiger partial charge in [-0.05, 0) is 41.0 Å². The Morgan fingerprint density at radius 2 is 1.62 bits per heavy atom. The van der Waals surface area contributed by atoms with Gasteiger partial charge in [0.2, 0.25) is 0 Å². The van der Waals surface area contributed by atoms with Crippen molar-refractivity contribution in [1.82, 2.24) is 15.2 Å². The third-order valence-corrected chi connectivity index (χ3v) is 5.94. The highest BCUT2D eigenvalue weighted by atomic mass is 16.2. The van der Waals surface area contributed by atoms with Gasteiger partial charge in [-0.25, -0.2) is 0 Å². The van der Waals surface area contributed by atoms with Crippen LogP contribution in [0.15, 0.2) is 72.9 Å². The Bertz CT molecular complexity index is 1060. The number of rotatable bonds is 3. The molecular formula is C24H20N4O. The fraction of sp³-hybridized carbons (Fsp3) is 0.208. The van der Waals surface area contributed by atoms with Crippen molar-refractivity contribution >= 4 is 5.91 Å². The topological polar surface area (TPSA) is 69.0 Å². The second-order valence-electron chi connectivity index (χ2n) is 7.64. The van der Waals surface area contributed by atoms with E-state index in [2.05, 4.69) is 40.6 Å². The zero-order valence-electron chi connectivity index (χ0n) is 15.8. The first-order valence-electron chi connectivity index (χ1n) is 9.80. The van der Waals surface area contributed by atoms with Crippen LogP contribution < -0.4 is 5.32 Å². The van der Waals surface area contributed by atoms with E-state index < -0.39 is 0 Å². The highest BCUT2D eigenvalue weighted by Crippen LogP contribution is 2.37. The minimum Gasteiger partial charge on any atom is -0.334 e. The number of piperazine rings is 1. The average Bonchev–Trinajstić information content (AvgIpc) is 2.80. The summed E-state index contributed by atoms with van der Waals surface area (Å²) in [5.74, 6) is 0.439. The van der Waals surface area contributed by atoms with E-state index in [0.717, 1.165) is 11.1 Å². The fourth-order valence-corrected chi connectivity index (χ4v) is 4.44. The van der Waals surface area contributed by atoms with Crippen molar-refractivity contribution in [3.8, 4) is 17.2 Å². The SMILES string of the molecule is N#Cc1ccc(-c2ccc(C3[C@@H]4CN(C(=O)c5ccccn5)C[C@H]3N4)cc2)cc1. The number of nitriles is 1. The number of fused-ring (bicyclic) bond motifs is 2. The molecule has 3 fully saturated rings. The molecule has 1 aromatic heterocycles. The van der Waals surface area contributed by atoms with Crippen LogP contribution in [0.2, 0.25) is 0 Å². The van der Waals surface area contributed by atoms with Gasteiger partial charge >= 0.3 is 0 Å². The minimum atomic E-state index is 0.0108. The van der Waals surface area contributed by atoms with Crippen LogP contribution in [0.5, 0.6) is 0 Å². The van der Waals surface area contributed by atoms with Gasteiger partial charge in [0.05, 0.1) is 11.6 Å². The lowest BCUT2D eigenvalue weighted by Gasteiger charge is -2.54. The van der Waals surface area contributed by atoms with Gasteiger partial charge in [0.25, 0.3) is 5.91 Å². The summed E-state index contributed by atoms with van der Waals surface area (Å²) >= 11 is 0. The smallest absolute Gasteiger partial charge is 0.272 e. The first kappa shape index (κ1) is 17.6. The predicted molar refractivity (Wildman–Crippen MR) is 110 cm³/mol. The summed E-state index contributed by atoms with van der Waals surface area (Å²) < 4.78 is 0. The van der Waals surface area contributed by atoms with E-state index in [1.807, 2.05) is 41.3 Å². The maximum atomic E-state index is 12.7. The van der Waals surface area contributed by atoms with Crippen LogP contribution in [-0.2, 0) is 0 Å². The number of carbonyl (C=O) groups excluding carboxylic acids is 1. The molecule has 1 amide bonds. The molecule has 2 bridgehead atoms. The third kappa shape index (κ3) is 3.18. The van der Waals surface area contributed by atoms with Crippen molar-refractivity contribution < 1.29 is 4.79 Å². The standard InChI is InChI=1S/C24H20N4O/c25-13-16-4-6-17(7-5-16)18-8-10-19(11-9-18)23-21-14-28(15-22(23)27-21)24(29)20-3-1-2-12-26-20/h1-12,21-23,27H,14-15H2/t21-,22+,23?. The number of nitrogens with zero attached hydrogens (tertiary/aromatic N) is 3. The molecule has 3 aromatic rings. The van der Waals surface area contributed by atoms with Crippen molar-refractivity contribution in [2.24, 2.45) is 0 Å². The molecule has 0 saturated carbocycles. The lowest BCUT2D eigenvalue weighted by atomic mass is 9.74. The van der Waals surface area contributed by atoms with Crippen molar-refractivity contribution in [1.29, 1.82) is 5.26 Å². The Morgan fingerprint density at radius 3 is 2.21 bits per heavy atom. The molecule has 3 aliphatic heterocycles. The van der Waals surface area contributed by atoms with E-state index in [4.69, 9.17) is 5.26 Å². The molecule has 142 valence electrons. The summed E-state index contributed by atoms with van der Waals surface area (Å²) in [7, 11) is 0. The van der Waals surface area contributed by atoms with E-state index in [-0.39, 0.29) is 18.0 Å². The summed E-state index contributed by atoms with van der Waals surface area (Å²) in [6, 6.07) is 24.5. The van der Waals surface area contributed by atoms with Gasteiger partial charge in [-0.1, -0.05) is 42.5 Å². The number of hydrogen-bond acceptors (Lipinski definition) is 4. The number of nitrogens with one attached hydrogen (secondary N) is 1.